The average molecular weight is 338 g/mol. The lowest BCUT2D eigenvalue weighted by Crippen LogP contribution is -1.98. The van der Waals surface area contributed by atoms with Gasteiger partial charge in [0.1, 0.15) is 0 Å². The van der Waals surface area contributed by atoms with Crippen molar-refractivity contribution in [3.8, 4) is 0 Å². The van der Waals surface area contributed by atoms with Crippen molar-refractivity contribution in [2.45, 2.75) is 37.4 Å². The fourth-order valence-corrected chi connectivity index (χ4v) is 4.13. The van der Waals surface area contributed by atoms with Gasteiger partial charge in [-0.15, -0.1) is 0 Å². The molecule has 5 heteroatoms. The maximum absolute atomic E-state index is 11.0. The number of halogens is 2. The fraction of sp³-hybridized carbons (Fsp3) is 0.500. The molecule has 0 bridgehead atoms. The van der Waals surface area contributed by atoms with Crippen LogP contribution in [0.15, 0.2) is 22.7 Å². The van der Waals surface area contributed by atoms with Gasteiger partial charge in [-0.25, -0.2) is 8.42 Å². The van der Waals surface area contributed by atoms with Gasteiger partial charge in [0.2, 0.25) is 9.05 Å². The van der Waals surface area contributed by atoms with Crippen molar-refractivity contribution < 1.29 is 8.42 Å². The van der Waals surface area contributed by atoms with Gasteiger partial charge in [-0.1, -0.05) is 40.9 Å². The summed E-state index contributed by atoms with van der Waals surface area (Å²) in [5.41, 5.74) is 2.02. The number of hydrogen-bond donors (Lipinski definition) is 0. The molecule has 0 spiro atoms. The largest absolute Gasteiger partial charge is 0.236 e. The molecule has 0 aliphatic heterocycles. The Morgan fingerprint density at radius 2 is 1.94 bits per heavy atom. The van der Waals surface area contributed by atoms with Crippen LogP contribution >= 0.6 is 26.6 Å². The highest BCUT2D eigenvalue weighted by Crippen LogP contribution is 2.38. The van der Waals surface area contributed by atoms with Gasteiger partial charge in [-0.3, -0.25) is 0 Å². The monoisotopic (exact) mass is 336 g/mol. The van der Waals surface area contributed by atoms with Gasteiger partial charge in [-0.2, -0.15) is 0 Å². The second kappa shape index (κ2) is 5.29. The normalized spacial score (nSPS) is 17.5. The molecule has 0 unspecified atom stereocenters. The SMILES string of the molecule is O=S(=O)(Cl)Cc1ccc(C2CCCC2)c(Br)c1. The summed E-state index contributed by atoms with van der Waals surface area (Å²) in [4.78, 5) is 0. The summed E-state index contributed by atoms with van der Waals surface area (Å²) in [5.74, 6) is 0.504. The Bertz CT molecular complexity index is 507. The van der Waals surface area contributed by atoms with E-state index in [0.717, 1.165) is 10.0 Å². The van der Waals surface area contributed by atoms with Crippen LogP contribution < -0.4 is 0 Å². The van der Waals surface area contributed by atoms with Crippen molar-refractivity contribution in [3.05, 3.63) is 33.8 Å². The third-order valence-corrected chi connectivity index (χ3v) is 4.89. The van der Waals surface area contributed by atoms with Crippen molar-refractivity contribution in [1.82, 2.24) is 0 Å². The number of rotatable bonds is 3. The topological polar surface area (TPSA) is 34.1 Å². The molecular formula is C12H14BrClO2S. The van der Waals surface area contributed by atoms with E-state index in [-0.39, 0.29) is 5.75 Å². The highest BCUT2D eigenvalue weighted by atomic mass is 79.9. The minimum absolute atomic E-state index is 0.113. The molecule has 0 N–H and O–H groups in total. The second-order valence-electron chi connectivity index (χ2n) is 4.52. The molecule has 17 heavy (non-hydrogen) atoms. The predicted molar refractivity (Wildman–Crippen MR) is 73.8 cm³/mol. The van der Waals surface area contributed by atoms with Crippen molar-refractivity contribution in [1.29, 1.82) is 0 Å². The van der Waals surface area contributed by atoms with Gasteiger partial charge in [0.25, 0.3) is 0 Å². The Morgan fingerprint density at radius 3 is 2.47 bits per heavy atom. The average Bonchev–Trinajstić information content (AvgIpc) is 2.68. The van der Waals surface area contributed by atoms with Crippen LogP contribution in [0.4, 0.5) is 0 Å². The van der Waals surface area contributed by atoms with Crippen molar-refractivity contribution in [2.75, 3.05) is 0 Å². The van der Waals surface area contributed by atoms with Crippen LogP contribution in [0.5, 0.6) is 0 Å². The van der Waals surface area contributed by atoms with Crippen LogP contribution in [0.25, 0.3) is 0 Å². The van der Waals surface area contributed by atoms with Gasteiger partial charge >= 0.3 is 0 Å². The molecule has 94 valence electrons. The first-order valence-corrected chi connectivity index (χ1v) is 8.93. The summed E-state index contributed by atoms with van der Waals surface area (Å²) in [7, 11) is 1.77. The van der Waals surface area contributed by atoms with E-state index in [1.807, 2.05) is 18.2 Å². The molecule has 1 aromatic rings. The van der Waals surface area contributed by atoms with Crippen LogP contribution in [0.2, 0.25) is 0 Å². The van der Waals surface area contributed by atoms with Crippen molar-refractivity contribution in [2.24, 2.45) is 0 Å². The summed E-state index contributed by atoms with van der Waals surface area (Å²) in [6.07, 6.45) is 5.03. The molecular weight excluding hydrogens is 324 g/mol. The highest BCUT2D eigenvalue weighted by molar-refractivity contribution is 9.10. The Hall–Kier alpha value is -0.0600. The first-order chi connectivity index (χ1) is 7.96. The molecule has 0 saturated heterocycles. The summed E-state index contributed by atoms with van der Waals surface area (Å²) in [6, 6.07) is 5.75. The standard InChI is InChI=1S/C12H14BrClO2S/c13-12-7-9(8-17(14,15)16)5-6-11(12)10-3-1-2-4-10/h5-7,10H,1-4,8H2. The first kappa shape index (κ1) is 13.4. The lowest BCUT2D eigenvalue weighted by atomic mass is 9.97. The molecule has 2 nitrogen and oxygen atoms in total. The lowest BCUT2D eigenvalue weighted by molar-refractivity contribution is 0.609. The highest BCUT2D eigenvalue weighted by Gasteiger charge is 2.19. The van der Waals surface area contributed by atoms with Gasteiger partial charge in [0.05, 0.1) is 5.75 Å². The summed E-state index contributed by atoms with van der Waals surface area (Å²) >= 11 is 3.53. The summed E-state index contributed by atoms with van der Waals surface area (Å²) < 4.78 is 23.0. The molecule has 0 amide bonds. The first-order valence-electron chi connectivity index (χ1n) is 5.66. The second-order valence-corrected chi connectivity index (χ2v) is 8.15. The molecule has 0 atom stereocenters. The Balaban J connectivity index is 2.22. The molecule has 1 aliphatic rings. The van der Waals surface area contributed by atoms with Gasteiger partial charge < -0.3 is 0 Å². The van der Waals surface area contributed by atoms with E-state index < -0.39 is 9.05 Å². The van der Waals surface area contributed by atoms with Gasteiger partial charge in [0.15, 0.2) is 0 Å². The van der Waals surface area contributed by atoms with Gasteiger partial charge in [-0.05, 0) is 36.0 Å². The minimum Gasteiger partial charge on any atom is -0.212 e. The Kier molecular flexibility index (Phi) is 4.16. The third kappa shape index (κ3) is 3.70. The molecule has 1 saturated carbocycles. The smallest absolute Gasteiger partial charge is 0.212 e. The molecule has 2 rings (SSSR count). The van der Waals surface area contributed by atoms with E-state index in [0.29, 0.717) is 5.92 Å². The minimum atomic E-state index is -3.47. The Labute approximate surface area is 115 Å². The number of benzene rings is 1. The van der Waals surface area contributed by atoms with E-state index in [1.54, 1.807) is 0 Å². The van der Waals surface area contributed by atoms with Gasteiger partial charge in [0, 0.05) is 15.2 Å². The fourth-order valence-electron chi connectivity index (χ4n) is 2.43. The molecule has 1 fully saturated rings. The zero-order valence-electron chi connectivity index (χ0n) is 9.33. The van der Waals surface area contributed by atoms with Crippen LogP contribution in [0, 0.1) is 0 Å². The maximum Gasteiger partial charge on any atom is 0.236 e. The number of hydrogen-bond acceptors (Lipinski definition) is 2. The van der Waals surface area contributed by atoms with Crippen molar-refractivity contribution >= 4 is 35.7 Å². The van der Waals surface area contributed by atoms with Crippen LogP contribution in [0.3, 0.4) is 0 Å². The summed E-state index contributed by atoms with van der Waals surface area (Å²) in [6.45, 7) is 0. The van der Waals surface area contributed by atoms with Crippen LogP contribution in [-0.4, -0.2) is 8.42 Å². The predicted octanol–water partition coefficient (Wildman–Crippen LogP) is 4.18. The molecule has 0 heterocycles. The zero-order valence-corrected chi connectivity index (χ0v) is 12.5. The van der Waals surface area contributed by atoms with Crippen LogP contribution in [-0.2, 0) is 14.8 Å². The Morgan fingerprint density at radius 1 is 1.29 bits per heavy atom. The van der Waals surface area contributed by atoms with E-state index in [9.17, 15) is 8.42 Å². The zero-order chi connectivity index (χ0) is 12.5. The quantitative estimate of drug-likeness (QED) is 0.776. The molecule has 0 radical (unpaired) electrons. The molecule has 1 aromatic carbocycles. The molecule has 1 aliphatic carbocycles. The van der Waals surface area contributed by atoms with E-state index in [4.69, 9.17) is 10.7 Å². The third-order valence-electron chi connectivity index (χ3n) is 3.20. The van der Waals surface area contributed by atoms with E-state index in [2.05, 4.69) is 15.9 Å². The van der Waals surface area contributed by atoms with Crippen LogP contribution in [0.1, 0.15) is 42.7 Å². The van der Waals surface area contributed by atoms with E-state index >= 15 is 0 Å². The maximum atomic E-state index is 11.0. The lowest BCUT2D eigenvalue weighted by Gasteiger charge is -2.12. The summed E-state index contributed by atoms with van der Waals surface area (Å²) in [5, 5.41) is 0. The van der Waals surface area contributed by atoms with Crippen molar-refractivity contribution in [3.63, 3.8) is 0 Å². The van der Waals surface area contributed by atoms with E-state index in [1.165, 1.54) is 31.2 Å². The molecule has 0 aromatic heterocycles.